The summed E-state index contributed by atoms with van der Waals surface area (Å²) in [6.45, 7) is 2.06. The van der Waals surface area contributed by atoms with Crippen molar-refractivity contribution in [1.82, 2.24) is 9.97 Å². The first-order chi connectivity index (χ1) is 12.0. The maximum atomic E-state index is 12.1. The predicted molar refractivity (Wildman–Crippen MR) is 97.7 cm³/mol. The van der Waals surface area contributed by atoms with Gasteiger partial charge in [0, 0.05) is 22.7 Å². The van der Waals surface area contributed by atoms with E-state index in [2.05, 4.69) is 15.3 Å². The van der Waals surface area contributed by atoms with Crippen molar-refractivity contribution in [3.8, 4) is 5.75 Å². The third-order valence-corrected chi connectivity index (χ3v) is 4.40. The lowest BCUT2D eigenvalue weighted by molar-refractivity contribution is 0.102. The van der Waals surface area contributed by atoms with E-state index in [-0.39, 0.29) is 23.5 Å². The Morgan fingerprint density at radius 2 is 2.12 bits per heavy atom. The third kappa shape index (κ3) is 4.46. The molecule has 0 spiro atoms. The fourth-order valence-electron chi connectivity index (χ4n) is 2.02. The molecule has 0 saturated carbocycles. The molecular weight excluding hydrogens is 362 g/mol. The van der Waals surface area contributed by atoms with Gasteiger partial charge in [0.1, 0.15) is 12.3 Å². The number of carbonyl (C=O) groups is 1. The van der Waals surface area contributed by atoms with Crippen molar-refractivity contribution < 1.29 is 9.53 Å². The van der Waals surface area contributed by atoms with E-state index >= 15 is 0 Å². The van der Waals surface area contributed by atoms with E-state index in [9.17, 15) is 9.59 Å². The molecule has 2 heterocycles. The fourth-order valence-corrected chi connectivity index (χ4v) is 2.83. The minimum atomic E-state index is -0.435. The second-order valence-electron chi connectivity index (χ2n) is 5.24. The van der Waals surface area contributed by atoms with Crippen molar-refractivity contribution in [2.45, 2.75) is 13.5 Å². The summed E-state index contributed by atoms with van der Waals surface area (Å²) in [6, 6.07) is 8.33. The van der Waals surface area contributed by atoms with Crippen LogP contribution in [0.2, 0.25) is 5.02 Å². The van der Waals surface area contributed by atoms with Gasteiger partial charge in [-0.2, -0.15) is 0 Å². The SMILES string of the molecule is Cc1csc(NC(=O)c2cc(=O)c(OCc3ccc(Cl)cc3)c[nH]2)n1. The van der Waals surface area contributed by atoms with E-state index in [0.29, 0.717) is 10.2 Å². The Balaban J connectivity index is 1.66. The number of nitrogens with one attached hydrogen (secondary N) is 2. The van der Waals surface area contributed by atoms with Crippen LogP contribution in [0, 0.1) is 6.92 Å². The number of thiazole rings is 1. The van der Waals surface area contributed by atoms with Crippen LogP contribution in [0.5, 0.6) is 5.75 Å². The highest BCUT2D eigenvalue weighted by Crippen LogP contribution is 2.15. The predicted octanol–water partition coefficient (Wildman–Crippen LogP) is 3.62. The summed E-state index contributed by atoms with van der Waals surface area (Å²) >= 11 is 7.14. The summed E-state index contributed by atoms with van der Waals surface area (Å²) < 4.78 is 5.49. The van der Waals surface area contributed by atoms with Crippen molar-refractivity contribution in [1.29, 1.82) is 0 Å². The molecule has 0 atom stereocenters. The summed E-state index contributed by atoms with van der Waals surface area (Å²) in [7, 11) is 0. The number of amides is 1. The number of aromatic nitrogens is 2. The van der Waals surface area contributed by atoms with Crippen molar-refractivity contribution >= 4 is 34.0 Å². The Labute approximate surface area is 152 Å². The van der Waals surface area contributed by atoms with E-state index in [1.165, 1.54) is 23.6 Å². The summed E-state index contributed by atoms with van der Waals surface area (Å²) in [4.78, 5) is 31.2. The summed E-state index contributed by atoms with van der Waals surface area (Å²) in [6.07, 6.45) is 1.38. The Morgan fingerprint density at radius 1 is 1.36 bits per heavy atom. The van der Waals surface area contributed by atoms with Crippen LogP contribution in [0.1, 0.15) is 21.7 Å². The molecular formula is C17H14ClN3O3S. The van der Waals surface area contributed by atoms with E-state index < -0.39 is 5.91 Å². The molecule has 8 heteroatoms. The number of aryl methyl sites for hydroxylation is 1. The number of anilines is 1. The molecule has 3 rings (SSSR count). The number of nitrogens with zero attached hydrogens (tertiary/aromatic N) is 1. The molecule has 0 aliphatic heterocycles. The van der Waals surface area contributed by atoms with Crippen LogP contribution in [-0.4, -0.2) is 15.9 Å². The minimum Gasteiger partial charge on any atom is -0.483 e. The second kappa shape index (κ2) is 7.50. The molecule has 0 aliphatic carbocycles. The highest BCUT2D eigenvalue weighted by molar-refractivity contribution is 7.13. The Hall–Kier alpha value is -2.64. The lowest BCUT2D eigenvalue weighted by Gasteiger charge is -2.07. The average Bonchev–Trinajstić information content (AvgIpc) is 3.00. The van der Waals surface area contributed by atoms with Crippen LogP contribution in [0.4, 0.5) is 5.13 Å². The van der Waals surface area contributed by atoms with Gasteiger partial charge in [0.15, 0.2) is 10.9 Å². The number of hydrogen-bond donors (Lipinski definition) is 2. The lowest BCUT2D eigenvalue weighted by Crippen LogP contribution is -2.17. The van der Waals surface area contributed by atoms with Gasteiger partial charge in [-0.1, -0.05) is 23.7 Å². The normalized spacial score (nSPS) is 10.5. The summed E-state index contributed by atoms with van der Waals surface area (Å²) in [5, 5.41) is 5.57. The van der Waals surface area contributed by atoms with Crippen molar-refractivity contribution in [2.75, 3.05) is 5.32 Å². The van der Waals surface area contributed by atoms with E-state index in [4.69, 9.17) is 16.3 Å². The topological polar surface area (TPSA) is 84.1 Å². The molecule has 0 radical (unpaired) electrons. The van der Waals surface area contributed by atoms with Crippen LogP contribution in [0.25, 0.3) is 0 Å². The standard InChI is InChI=1S/C17H14ClN3O3S/c1-10-9-25-17(20-10)21-16(23)13-6-14(22)15(7-19-13)24-8-11-2-4-12(18)5-3-11/h2-7,9H,8H2,1H3,(H,19,22)(H,20,21,23). The smallest absolute Gasteiger partial charge is 0.273 e. The van der Waals surface area contributed by atoms with Gasteiger partial charge in [0.2, 0.25) is 5.43 Å². The molecule has 0 fully saturated rings. The van der Waals surface area contributed by atoms with E-state index in [0.717, 1.165) is 11.3 Å². The molecule has 0 unspecified atom stereocenters. The quantitative estimate of drug-likeness (QED) is 0.713. The number of rotatable bonds is 5. The van der Waals surface area contributed by atoms with Gasteiger partial charge in [-0.15, -0.1) is 11.3 Å². The molecule has 0 saturated heterocycles. The molecule has 0 bridgehead atoms. The molecule has 1 amide bonds. The van der Waals surface area contributed by atoms with Gasteiger partial charge >= 0.3 is 0 Å². The summed E-state index contributed by atoms with van der Waals surface area (Å²) in [5.41, 5.74) is 1.45. The molecule has 3 aromatic rings. The second-order valence-corrected chi connectivity index (χ2v) is 6.53. The number of H-pyrrole nitrogens is 1. The van der Waals surface area contributed by atoms with Gasteiger partial charge < -0.3 is 9.72 Å². The molecule has 2 aromatic heterocycles. The molecule has 6 nitrogen and oxygen atoms in total. The molecule has 128 valence electrons. The monoisotopic (exact) mass is 375 g/mol. The number of halogens is 1. The van der Waals surface area contributed by atoms with Crippen LogP contribution in [0.3, 0.4) is 0 Å². The molecule has 2 N–H and O–H groups in total. The van der Waals surface area contributed by atoms with Crippen LogP contribution < -0.4 is 15.5 Å². The molecule has 0 aliphatic rings. The van der Waals surface area contributed by atoms with Crippen LogP contribution in [0.15, 0.2) is 46.7 Å². The van der Waals surface area contributed by atoms with Gasteiger partial charge in [-0.25, -0.2) is 4.98 Å². The number of aromatic amines is 1. The minimum absolute atomic E-state index is 0.136. The highest BCUT2D eigenvalue weighted by atomic mass is 35.5. The average molecular weight is 376 g/mol. The number of carbonyl (C=O) groups excluding carboxylic acids is 1. The first-order valence-electron chi connectivity index (χ1n) is 7.35. The maximum absolute atomic E-state index is 12.1. The third-order valence-electron chi connectivity index (χ3n) is 3.27. The van der Waals surface area contributed by atoms with Crippen LogP contribution >= 0.6 is 22.9 Å². The fraction of sp³-hybridized carbons (Fsp3) is 0.118. The van der Waals surface area contributed by atoms with Gasteiger partial charge in [-0.05, 0) is 24.6 Å². The van der Waals surface area contributed by atoms with Crippen molar-refractivity contribution in [3.63, 3.8) is 0 Å². The number of hydrogen-bond acceptors (Lipinski definition) is 5. The van der Waals surface area contributed by atoms with Crippen LogP contribution in [-0.2, 0) is 6.61 Å². The molecule has 25 heavy (non-hydrogen) atoms. The highest BCUT2D eigenvalue weighted by Gasteiger charge is 2.11. The first kappa shape index (κ1) is 17.2. The summed E-state index contributed by atoms with van der Waals surface area (Å²) in [5.74, 6) is -0.299. The maximum Gasteiger partial charge on any atom is 0.273 e. The number of benzene rings is 1. The van der Waals surface area contributed by atoms with E-state index in [1.807, 2.05) is 24.4 Å². The Kier molecular flexibility index (Phi) is 5.16. The Morgan fingerprint density at radius 3 is 2.76 bits per heavy atom. The van der Waals surface area contributed by atoms with Crippen molar-refractivity contribution in [3.05, 3.63) is 74.1 Å². The van der Waals surface area contributed by atoms with Gasteiger partial charge in [0.25, 0.3) is 5.91 Å². The zero-order valence-electron chi connectivity index (χ0n) is 13.2. The first-order valence-corrected chi connectivity index (χ1v) is 8.60. The lowest BCUT2D eigenvalue weighted by atomic mass is 10.2. The zero-order valence-corrected chi connectivity index (χ0v) is 14.8. The zero-order chi connectivity index (χ0) is 17.8. The van der Waals surface area contributed by atoms with Gasteiger partial charge in [-0.3, -0.25) is 14.9 Å². The number of pyridine rings is 1. The van der Waals surface area contributed by atoms with E-state index in [1.54, 1.807) is 12.1 Å². The van der Waals surface area contributed by atoms with Crippen molar-refractivity contribution in [2.24, 2.45) is 0 Å². The van der Waals surface area contributed by atoms with Gasteiger partial charge in [0.05, 0.1) is 5.69 Å². The molecule has 1 aromatic carbocycles. The largest absolute Gasteiger partial charge is 0.483 e. The number of ether oxygens (including phenoxy) is 1. The Bertz CT molecular complexity index is 950.